The van der Waals surface area contributed by atoms with Gasteiger partial charge >= 0.3 is 0 Å². The van der Waals surface area contributed by atoms with Gasteiger partial charge in [-0.25, -0.2) is 4.39 Å². The zero-order valence-corrected chi connectivity index (χ0v) is 10.5. The summed E-state index contributed by atoms with van der Waals surface area (Å²) in [4.78, 5) is 11.8. The van der Waals surface area contributed by atoms with E-state index >= 15 is 0 Å². The third-order valence-corrected chi connectivity index (χ3v) is 3.02. The summed E-state index contributed by atoms with van der Waals surface area (Å²) in [6.07, 6.45) is 0.830. The largest absolute Gasteiger partial charge is 0.324 e. The standard InChI is InChI=1S/C13H19FN2O/c1-4-8(2)12(15)13(17)16-11-7-10(14)6-5-9(11)3/h5-8,12H,4,15H2,1-3H3,(H,16,17). The van der Waals surface area contributed by atoms with E-state index in [-0.39, 0.29) is 17.6 Å². The molecule has 0 saturated heterocycles. The summed E-state index contributed by atoms with van der Waals surface area (Å²) in [5.74, 6) is -0.542. The Kier molecular flexibility index (Phi) is 4.63. The number of carbonyl (C=O) groups excluding carboxylic acids is 1. The molecular weight excluding hydrogens is 219 g/mol. The van der Waals surface area contributed by atoms with Crippen molar-refractivity contribution in [1.82, 2.24) is 0 Å². The molecule has 94 valence electrons. The number of hydrogen-bond donors (Lipinski definition) is 2. The first-order valence-electron chi connectivity index (χ1n) is 5.78. The summed E-state index contributed by atoms with van der Waals surface area (Å²) >= 11 is 0. The van der Waals surface area contributed by atoms with Crippen LogP contribution in [0.1, 0.15) is 25.8 Å². The van der Waals surface area contributed by atoms with Crippen LogP contribution in [0.5, 0.6) is 0 Å². The average Bonchev–Trinajstić information content (AvgIpc) is 2.31. The van der Waals surface area contributed by atoms with Crippen LogP contribution >= 0.6 is 0 Å². The minimum atomic E-state index is -0.567. The molecule has 3 nitrogen and oxygen atoms in total. The zero-order valence-electron chi connectivity index (χ0n) is 10.5. The van der Waals surface area contributed by atoms with Crippen molar-refractivity contribution in [3.8, 4) is 0 Å². The van der Waals surface area contributed by atoms with Gasteiger partial charge in [0.05, 0.1) is 6.04 Å². The molecule has 2 atom stereocenters. The van der Waals surface area contributed by atoms with Crippen molar-refractivity contribution in [2.45, 2.75) is 33.2 Å². The second-order valence-corrected chi connectivity index (χ2v) is 4.36. The van der Waals surface area contributed by atoms with Gasteiger partial charge in [0.15, 0.2) is 0 Å². The van der Waals surface area contributed by atoms with Crippen LogP contribution in [0.3, 0.4) is 0 Å². The molecule has 2 unspecified atom stereocenters. The van der Waals surface area contributed by atoms with Crippen molar-refractivity contribution >= 4 is 11.6 Å². The highest BCUT2D eigenvalue weighted by Crippen LogP contribution is 2.17. The topological polar surface area (TPSA) is 55.1 Å². The summed E-state index contributed by atoms with van der Waals surface area (Å²) in [5, 5.41) is 2.66. The van der Waals surface area contributed by atoms with Crippen LogP contribution < -0.4 is 11.1 Å². The van der Waals surface area contributed by atoms with Crippen molar-refractivity contribution in [3.05, 3.63) is 29.6 Å². The Bertz CT molecular complexity index is 406. The molecule has 0 radical (unpaired) electrons. The molecule has 0 aromatic heterocycles. The van der Waals surface area contributed by atoms with Gasteiger partial charge in [0.25, 0.3) is 0 Å². The molecule has 4 heteroatoms. The lowest BCUT2D eigenvalue weighted by atomic mass is 9.99. The van der Waals surface area contributed by atoms with Crippen LogP contribution in [0, 0.1) is 18.7 Å². The van der Waals surface area contributed by atoms with Gasteiger partial charge in [0.1, 0.15) is 5.82 Å². The van der Waals surface area contributed by atoms with Gasteiger partial charge in [-0.3, -0.25) is 4.79 Å². The lowest BCUT2D eigenvalue weighted by Gasteiger charge is -2.18. The van der Waals surface area contributed by atoms with Gasteiger partial charge in [0, 0.05) is 5.69 Å². The Morgan fingerprint density at radius 1 is 1.53 bits per heavy atom. The monoisotopic (exact) mass is 238 g/mol. The van der Waals surface area contributed by atoms with Crippen molar-refractivity contribution < 1.29 is 9.18 Å². The lowest BCUT2D eigenvalue weighted by molar-refractivity contribution is -0.118. The van der Waals surface area contributed by atoms with E-state index in [0.29, 0.717) is 5.69 Å². The fraction of sp³-hybridized carbons (Fsp3) is 0.462. The number of anilines is 1. The van der Waals surface area contributed by atoms with E-state index in [2.05, 4.69) is 5.32 Å². The highest BCUT2D eigenvalue weighted by Gasteiger charge is 2.19. The van der Waals surface area contributed by atoms with E-state index in [1.165, 1.54) is 12.1 Å². The number of carbonyl (C=O) groups is 1. The molecule has 0 aliphatic rings. The normalized spacial score (nSPS) is 14.2. The highest BCUT2D eigenvalue weighted by atomic mass is 19.1. The Labute approximate surface area is 101 Å². The van der Waals surface area contributed by atoms with Gasteiger partial charge in [-0.2, -0.15) is 0 Å². The molecule has 0 bridgehead atoms. The summed E-state index contributed by atoms with van der Waals surface area (Å²) in [6, 6.07) is 3.72. The van der Waals surface area contributed by atoms with Gasteiger partial charge in [-0.1, -0.05) is 26.3 Å². The number of aryl methyl sites for hydroxylation is 1. The molecule has 0 aliphatic heterocycles. The predicted molar refractivity (Wildman–Crippen MR) is 67.2 cm³/mol. The van der Waals surface area contributed by atoms with Gasteiger partial charge < -0.3 is 11.1 Å². The first-order valence-corrected chi connectivity index (χ1v) is 5.78. The molecule has 0 aliphatic carbocycles. The van der Waals surface area contributed by atoms with E-state index in [1.54, 1.807) is 6.07 Å². The Balaban J connectivity index is 2.77. The molecule has 0 saturated carbocycles. The smallest absolute Gasteiger partial charge is 0.241 e. The molecule has 3 N–H and O–H groups in total. The average molecular weight is 238 g/mol. The molecule has 17 heavy (non-hydrogen) atoms. The Morgan fingerprint density at radius 2 is 2.18 bits per heavy atom. The number of nitrogens with two attached hydrogens (primary N) is 1. The number of hydrogen-bond acceptors (Lipinski definition) is 2. The summed E-state index contributed by atoms with van der Waals surface area (Å²) in [6.45, 7) is 5.71. The maximum atomic E-state index is 13.0. The maximum Gasteiger partial charge on any atom is 0.241 e. The molecular formula is C13H19FN2O. The van der Waals surface area contributed by atoms with Crippen LogP contribution in [-0.4, -0.2) is 11.9 Å². The SMILES string of the molecule is CCC(C)C(N)C(=O)Nc1cc(F)ccc1C. The fourth-order valence-electron chi connectivity index (χ4n) is 1.46. The summed E-state index contributed by atoms with van der Waals surface area (Å²) < 4.78 is 13.0. The molecule has 0 spiro atoms. The fourth-order valence-corrected chi connectivity index (χ4v) is 1.46. The van der Waals surface area contributed by atoms with E-state index in [4.69, 9.17) is 5.73 Å². The lowest BCUT2D eigenvalue weighted by Crippen LogP contribution is -2.40. The number of rotatable bonds is 4. The van der Waals surface area contributed by atoms with Gasteiger partial charge in [0.2, 0.25) is 5.91 Å². The molecule has 1 amide bonds. The number of amides is 1. The van der Waals surface area contributed by atoms with Crippen LogP contribution in [0.25, 0.3) is 0 Å². The maximum absolute atomic E-state index is 13.0. The first-order chi connectivity index (χ1) is 7.95. The molecule has 0 heterocycles. The second kappa shape index (κ2) is 5.77. The summed E-state index contributed by atoms with van der Waals surface area (Å²) in [5.41, 5.74) is 7.10. The minimum Gasteiger partial charge on any atom is -0.324 e. The molecule has 0 fully saturated rings. The molecule has 1 aromatic carbocycles. The van der Waals surface area contributed by atoms with E-state index in [9.17, 15) is 9.18 Å². The second-order valence-electron chi connectivity index (χ2n) is 4.36. The van der Waals surface area contributed by atoms with E-state index < -0.39 is 6.04 Å². The van der Waals surface area contributed by atoms with Crippen molar-refractivity contribution in [2.75, 3.05) is 5.32 Å². The van der Waals surface area contributed by atoms with Crippen LogP contribution in [0.2, 0.25) is 0 Å². The Morgan fingerprint density at radius 3 is 2.76 bits per heavy atom. The quantitative estimate of drug-likeness (QED) is 0.846. The molecule has 1 aromatic rings. The van der Waals surface area contributed by atoms with Crippen molar-refractivity contribution in [1.29, 1.82) is 0 Å². The van der Waals surface area contributed by atoms with E-state index in [0.717, 1.165) is 12.0 Å². The minimum absolute atomic E-state index is 0.101. The van der Waals surface area contributed by atoms with Crippen molar-refractivity contribution in [3.63, 3.8) is 0 Å². The van der Waals surface area contributed by atoms with Crippen LogP contribution in [0.4, 0.5) is 10.1 Å². The van der Waals surface area contributed by atoms with Crippen molar-refractivity contribution in [2.24, 2.45) is 11.7 Å². The van der Waals surface area contributed by atoms with Gasteiger partial charge in [-0.15, -0.1) is 0 Å². The number of halogens is 1. The highest BCUT2D eigenvalue weighted by molar-refractivity contribution is 5.95. The van der Waals surface area contributed by atoms with E-state index in [1.807, 2.05) is 20.8 Å². The third kappa shape index (κ3) is 3.53. The predicted octanol–water partition coefficient (Wildman–Crippen LogP) is 2.45. The number of benzene rings is 1. The summed E-state index contributed by atoms with van der Waals surface area (Å²) in [7, 11) is 0. The van der Waals surface area contributed by atoms with Crippen LogP contribution in [0.15, 0.2) is 18.2 Å². The van der Waals surface area contributed by atoms with Crippen LogP contribution in [-0.2, 0) is 4.79 Å². The number of nitrogens with one attached hydrogen (secondary N) is 1. The third-order valence-electron chi connectivity index (χ3n) is 3.02. The Hall–Kier alpha value is -1.42. The zero-order chi connectivity index (χ0) is 13.0. The molecule has 1 rings (SSSR count). The first kappa shape index (κ1) is 13.6. The van der Waals surface area contributed by atoms with Gasteiger partial charge in [-0.05, 0) is 30.5 Å².